The van der Waals surface area contributed by atoms with Crippen molar-refractivity contribution in [3.05, 3.63) is 21.5 Å². The number of nitrogens with zero attached hydrogens (tertiary/aromatic N) is 2. The fourth-order valence-corrected chi connectivity index (χ4v) is 4.36. The van der Waals surface area contributed by atoms with Crippen LogP contribution in [-0.4, -0.2) is 53.1 Å². The molecule has 0 atom stereocenters. The Bertz CT molecular complexity index is 712. The van der Waals surface area contributed by atoms with E-state index in [2.05, 4.69) is 33.1 Å². The zero-order valence-corrected chi connectivity index (χ0v) is 17.1. The van der Waals surface area contributed by atoms with Crippen molar-refractivity contribution in [3.63, 3.8) is 0 Å². The maximum Gasteiger partial charge on any atom is 0.270 e. The van der Waals surface area contributed by atoms with Gasteiger partial charge in [0.25, 0.3) is 5.91 Å². The zero-order chi connectivity index (χ0) is 18.2. The van der Waals surface area contributed by atoms with E-state index in [4.69, 9.17) is 0 Å². The van der Waals surface area contributed by atoms with Crippen molar-refractivity contribution in [1.29, 1.82) is 0 Å². The van der Waals surface area contributed by atoms with Crippen molar-refractivity contribution < 1.29 is 9.59 Å². The number of carbonyl (C=O) groups is 2. The van der Waals surface area contributed by atoms with Crippen molar-refractivity contribution in [2.75, 3.05) is 31.4 Å². The van der Waals surface area contributed by atoms with Gasteiger partial charge in [-0.25, -0.2) is 9.97 Å². The van der Waals surface area contributed by atoms with Crippen LogP contribution in [0.1, 0.15) is 28.8 Å². The smallest absolute Gasteiger partial charge is 0.270 e. The van der Waals surface area contributed by atoms with Gasteiger partial charge in [0.05, 0.1) is 17.5 Å². The molecule has 0 unspecified atom stereocenters. The molecule has 2 rings (SSSR count). The summed E-state index contributed by atoms with van der Waals surface area (Å²) in [5, 5.41) is 11.1. The lowest BCUT2D eigenvalue weighted by molar-refractivity contribution is -0.118. The van der Waals surface area contributed by atoms with Crippen LogP contribution in [0.15, 0.2) is 10.8 Å². The average molecular weight is 400 g/mol. The van der Waals surface area contributed by atoms with Crippen molar-refractivity contribution in [1.82, 2.24) is 20.6 Å². The van der Waals surface area contributed by atoms with Crippen molar-refractivity contribution in [2.45, 2.75) is 19.8 Å². The van der Waals surface area contributed by atoms with E-state index < -0.39 is 0 Å². The molecule has 0 bridgehead atoms. The lowest BCUT2D eigenvalue weighted by atomic mass is 10.4. The third-order valence-electron chi connectivity index (χ3n) is 3.24. The number of amides is 2. The number of aromatic nitrogens is 2. The van der Waals surface area contributed by atoms with E-state index >= 15 is 0 Å². The predicted octanol–water partition coefficient (Wildman–Crippen LogP) is 1.94. The molecule has 136 valence electrons. The van der Waals surface area contributed by atoms with E-state index in [0.717, 1.165) is 27.9 Å². The minimum absolute atomic E-state index is 0.0405. The first kappa shape index (κ1) is 19.9. The van der Waals surface area contributed by atoms with Gasteiger partial charge in [-0.2, -0.15) is 0 Å². The van der Waals surface area contributed by atoms with E-state index in [9.17, 15) is 9.59 Å². The highest BCUT2D eigenvalue weighted by atomic mass is 32.2. The Balaban J connectivity index is 1.87. The maximum absolute atomic E-state index is 12.1. The SMILES string of the molecule is CC(=O)NCCc1nc(-c2nc(C(=O)NCCC[S+](C)C)cs2)cs1. The fourth-order valence-electron chi connectivity index (χ4n) is 2.02. The third-order valence-corrected chi connectivity index (χ3v) is 6.11. The molecule has 2 aromatic rings. The van der Waals surface area contributed by atoms with Crippen LogP contribution in [0.2, 0.25) is 0 Å². The maximum atomic E-state index is 12.1. The molecule has 9 heteroatoms. The molecule has 2 heterocycles. The lowest BCUT2D eigenvalue weighted by Crippen LogP contribution is -2.26. The Kier molecular flexibility index (Phi) is 7.86. The summed E-state index contributed by atoms with van der Waals surface area (Å²) in [6.45, 7) is 2.75. The second-order valence-electron chi connectivity index (χ2n) is 5.70. The summed E-state index contributed by atoms with van der Waals surface area (Å²) in [6.07, 6.45) is 6.09. The highest BCUT2D eigenvalue weighted by molar-refractivity contribution is 7.95. The molecule has 2 N–H and O–H groups in total. The molecule has 0 spiro atoms. The number of thiazole rings is 2. The van der Waals surface area contributed by atoms with Crippen LogP contribution in [0, 0.1) is 0 Å². The monoisotopic (exact) mass is 399 g/mol. The van der Waals surface area contributed by atoms with Crippen LogP contribution >= 0.6 is 22.7 Å². The van der Waals surface area contributed by atoms with Gasteiger partial charge < -0.3 is 10.6 Å². The van der Waals surface area contributed by atoms with Gasteiger partial charge in [0.2, 0.25) is 5.91 Å². The van der Waals surface area contributed by atoms with E-state index in [1.165, 1.54) is 29.6 Å². The molecule has 0 aliphatic rings. The van der Waals surface area contributed by atoms with Crippen molar-refractivity contribution in [2.24, 2.45) is 0 Å². The molecule has 2 aromatic heterocycles. The Morgan fingerprint density at radius 3 is 2.64 bits per heavy atom. The standard InChI is InChI=1S/C16H22N4O2S3/c1-11(21)17-7-5-14-19-13(10-23-14)16-20-12(9-24-16)15(22)18-6-4-8-25(2)3/h9-10H,4-8H2,1-3H3,(H-,17,18,21,22)/p+1. The topological polar surface area (TPSA) is 84.0 Å². The number of carbonyl (C=O) groups excluding carboxylic acids is 2. The van der Waals surface area contributed by atoms with Gasteiger partial charge in [-0.1, -0.05) is 0 Å². The molecular weight excluding hydrogens is 376 g/mol. The molecule has 0 saturated carbocycles. The number of hydrogen-bond acceptors (Lipinski definition) is 6. The van der Waals surface area contributed by atoms with Crippen LogP contribution in [0.5, 0.6) is 0 Å². The first-order chi connectivity index (χ1) is 12.0. The van der Waals surface area contributed by atoms with Gasteiger partial charge in [-0.05, 0) is 10.9 Å². The second-order valence-corrected chi connectivity index (χ2v) is 9.88. The highest BCUT2D eigenvalue weighted by Crippen LogP contribution is 2.25. The van der Waals surface area contributed by atoms with Gasteiger partial charge >= 0.3 is 0 Å². The number of hydrogen-bond donors (Lipinski definition) is 2. The largest absolute Gasteiger partial charge is 0.356 e. The van der Waals surface area contributed by atoms with Crippen LogP contribution in [0.3, 0.4) is 0 Å². The fraction of sp³-hybridized carbons (Fsp3) is 0.500. The number of nitrogens with one attached hydrogen (secondary N) is 2. The minimum atomic E-state index is -0.129. The molecule has 0 aromatic carbocycles. The van der Waals surface area contributed by atoms with Crippen LogP contribution < -0.4 is 10.6 Å². The summed E-state index contributed by atoms with van der Waals surface area (Å²) in [4.78, 5) is 31.9. The molecule has 0 radical (unpaired) electrons. The predicted molar refractivity (Wildman–Crippen MR) is 107 cm³/mol. The number of rotatable bonds is 9. The molecule has 0 saturated heterocycles. The van der Waals surface area contributed by atoms with Crippen molar-refractivity contribution in [3.8, 4) is 10.7 Å². The van der Waals surface area contributed by atoms with E-state index in [1.807, 2.05) is 5.38 Å². The van der Waals surface area contributed by atoms with Crippen LogP contribution in [-0.2, 0) is 22.1 Å². The molecule has 0 aliphatic carbocycles. The normalized spacial score (nSPS) is 10.9. The summed E-state index contributed by atoms with van der Waals surface area (Å²) in [7, 11) is 0.406. The summed E-state index contributed by atoms with van der Waals surface area (Å²) >= 11 is 2.96. The summed E-state index contributed by atoms with van der Waals surface area (Å²) < 4.78 is 0. The Morgan fingerprint density at radius 1 is 1.12 bits per heavy atom. The molecule has 0 aliphatic heterocycles. The van der Waals surface area contributed by atoms with E-state index in [-0.39, 0.29) is 11.8 Å². The Hall–Kier alpha value is -1.45. The molecule has 2 amide bonds. The second kappa shape index (κ2) is 9.88. The highest BCUT2D eigenvalue weighted by Gasteiger charge is 2.14. The average Bonchev–Trinajstić information content (AvgIpc) is 3.19. The van der Waals surface area contributed by atoms with E-state index in [1.54, 1.807) is 5.38 Å². The first-order valence-electron chi connectivity index (χ1n) is 7.93. The lowest BCUT2D eigenvalue weighted by Gasteiger charge is -2.01. The molecular formula is C16H23N4O2S3+. The summed E-state index contributed by atoms with van der Waals surface area (Å²) in [5.41, 5.74) is 1.23. The Labute approximate surface area is 158 Å². The van der Waals surface area contributed by atoms with Crippen LogP contribution in [0.4, 0.5) is 0 Å². The van der Waals surface area contributed by atoms with Gasteiger partial charge in [0.15, 0.2) is 0 Å². The van der Waals surface area contributed by atoms with Gasteiger partial charge in [0, 0.05) is 43.6 Å². The van der Waals surface area contributed by atoms with Crippen LogP contribution in [0.25, 0.3) is 10.7 Å². The van der Waals surface area contributed by atoms with Crippen molar-refractivity contribution >= 4 is 45.4 Å². The first-order valence-corrected chi connectivity index (χ1v) is 11.9. The molecule has 25 heavy (non-hydrogen) atoms. The Morgan fingerprint density at radius 2 is 1.92 bits per heavy atom. The molecule has 0 fully saturated rings. The van der Waals surface area contributed by atoms with Gasteiger partial charge in [0.1, 0.15) is 22.1 Å². The third kappa shape index (κ3) is 6.75. The zero-order valence-electron chi connectivity index (χ0n) is 14.6. The van der Waals surface area contributed by atoms with Gasteiger partial charge in [-0.3, -0.25) is 9.59 Å². The minimum Gasteiger partial charge on any atom is -0.356 e. The summed E-state index contributed by atoms with van der Waals surface area (Å²) in [6, 6.07) is 0. The molecule has 6 nitrogen and oxygen atoms in total. The van der Waals surface area contributed by atoms with E-state index in [0.29, 0.717) is 36.1 Å². The summed E-state index contributed by atoms with van der Waals surface area (Å²) in [5.74, 6) is 0.958. The van der Waals surface area contributed by atoms with Gasteiger partial charge in [-0.15, -0.1) is 22.7 Å². The quantitative estimate of drug-likeness (QED) is 0.499.